The van der Waals surface area contributed by atoms with Crippen LogP contribution in [0.3, 0.4) is 0 Å². The van der Waals surface area contributed by atoms with Crippen molar-refractivity contribution in [2.24, 2.45) is 11.8 Å². The van der Waals surface area contributed by atoms with Gasteiger partial charge in [0.15, 0.2) is 6.71 Å². The van der Waals surface area contributed by atoms with Crippen LogP contribution in [0.25, 0.3) is 22.3 Å². The van der Waals surface area contributed by atoms with Gasteiger partial charge in [-0.15, -0.1) is 0 Å². The van der Waals surface area contributed by atoms with Crippen molar-refractivity contribution >= 4 is 12.2 Å². The Morgan fingerprint density at radius 3 is 1.21 bits per heavy atom. The predicted molar refractivity (Wildman–Crippen MR) is 182 cm³/mol. The third-order valence-electron chi connectivity index (χ3n) is 12.2. The zero-order valence-corrected chi connectivity index (χ0v) is 25.2. The van der Waals surface area contributed by atoms with Crippen LogP contribution >= 0.6 is 0 Å². The summed E-state index contributed by atoms with van der Waals surface area (Å²) < 4.78 is 0. The number of fused-ring (bicyclic) bond motifs is 12. The molecule has 0 aliphatic heterocycles. The molecule has 8 unspecified atom stereocenters. The molecule has 43 heavy (non-hydrogen) atoms. The Hall–Kier alpha value is -3.84. The van der Waals surface area contributed by atoms with E-state index in [1.807, 2.05) is 0 Å². The second-order valence-corrected chi connectivity index (χ2v) is 14.1. The molecule has 1 heteroatoms. The van der Waals surface area contributed by atoms with E-state index in [-0.39, 0.29) is 0 Å². The first-order chi connectivity index (χ1) is 21.2. The minimum atomic E-state index is 0.507. The van der Waals surface area contributed by atoms with Gasteiger partial charge >= 0.3 is 0 Å². The summed E-state index contributed by atoms with van der Waals surface area (Å²) in [5.41, 5.74) is 13.8. The molecule has 4 aliphatic carbocycles. The third kappa shape index (κ3) is 3.70. The van der Waals surface area contributed by atoms with Crippen molar-refractivity contribution in [3.8, 4) is 22.3 Å². The average molecular weight is 555 g/mol. The summed E-state index contributed by atoms with van der Waals surface area (Å²) in [6.07, 6.45) is 2.55. The van der Waals surface area contributed by atoms with Crippen LogP contribution in [0.15, 0.2) is 127 Å². The summed E-state index contributed by atoms with van der Waals surface area (Å²) in [6.45, 7) is 5.68. The molecule has 8 atom stereocenters. The lowest BCUT2D eigenvalue weighted by molar-refractivity contribution is 0.535. The minimum absolute atomic E-state index is 0.507. The smallest absolute Gasteiger partial charge is 0.0794 e. The Morgan fingerprint density at radius 1 is 0.419 bits per heavy atom. The molecule has 9 rings (SSSR count). The van der Waals surface area contributed by atoms with E-state index >= 15 is 0 Å². The molecule has 0 saturated heterocycles. The predicted octanol–water partition coefficient (Wildman–Crippen LogP) is 10.3. The molecule has 0 nitrogen and oxygen atoms in total. The maximum Gasteiger partial charge on any atom is 0.183 e. The van der Waals surface area contributed by atoms with Gasteiger partial charge in [-0.25, -0.2) is 0 Å². The van der Waals surface area contributed by atoms with Gasteiger partial charge in [-0.2, -0.15) is 0 Å². The normalized spacial score (nSPS) is 29.4. The monoisotopic (exact) mass is 554 g/mol. The molecule has 2 saturated carbocycles. The number of benzene rings is 5. The van der Waals surface area contributed by atoms with E-state index < -0.39 is 0 Å². The van der Waals surface area contributed by atoms with Crippen LogP contribution in [-0.2, 0) is 0 Å². The SMILES string of the molecule is CC1CC2c3ccccc3-c3ccccc3C2C1B(c1ccccc1)C1C(C)CC2c3ccccc3-c3ccccc3C21. The molecule has 5 aromatic rings. The highest BCUT2D eigenvalue weighted by Gasteiger charge is 2.57. The molecule has 5 aromatic carbocycles. The van der Waals surface area contributed by atoms with Gasteiger partial charge in [-0.3, -0.25) is 0 Å². The zero-order valence-electron chi connectivity index (χ0n) is 25.2. The molecule has 2 fully saturated rings. The van der Waals surface area contributed by atoms with Crippen LogP contribution in [0, 0.1) is 11.8 Å². The second kappa shape index (κ2) is 9.85. The summed E-state index contributed by atoms with van der Waals surface area (Å²) in [4.78, 5) is 0. The highest BCUT2D eigenvalue weighted by Crippen LogP contribution is 2.68. The van der Waals surface area contributed by atoms with Gasteiger partial charge in [0.2, 0.25) is 0 Å². The minimum Gasteiger partial charge on any atom is -0.0794 e. The van der Waals surface area contributed by atoms with Crippen molar-refractivity contribution < 1.29 is 0 Å². The Balaban J connectivity index is 1.25. The first kappa shape index (κ1) is 25.6. The van der Waals surface area contributed by atoms with Crippen molar-refractivity contribution in [2.75, 3.05) is 0 Å². The molecule has 0 N–H and O–H groups in total. The van der Waals surface area contributed by atoms with E-state index in [4.69, 9.17) is 0 Å². The van der Waals surface area contributed by atoms with E-state index in [0.29, 0.717) is 53.9 Å². The molecule has 0 spiro atoms. The summed E-state index contributed by atoms with van der Waals surface area (Å²) in [5, 5.41) is 0. The highest BCUT2D eigenvalue weighted by molar-refractivity contribution is 6.76. The summed E-state index contributed by atoms with van der Waals surface area (Å²) in [7, 11) is 0. The van der Waals surface area contributed by atoms with Gasteiger partial charge in [0.25, 0.3) is 0 Å². The standard InChI is InChI=1S/C42H39B/c1-26-24-37-33-20-8-6-16-29(33)31-18-10-12-22-35(31)39(37)41(26)43(28-14-4-3-5-15-28)42-27(2)25-38-34-21-9-7-17-30(34)32-19-11-13-23-36(32)40(38)42/h3-23,26-27,37-42H,24-25H2,1-2H3. The first-order valence-electron chi connectivity index (χ1n) is 16.6. The second-order valence-electron chi connectivity index (χ2n) is 14.1. The molecule has 0 bridgehead atoms. The van der Waals surface area contributed by atoms with Crippen LogP contribution in [0.2, 0.25) is 11.6 Å². The quantitative estimate of drug-likeness (QED) is 0.195. The van der Waals surface area contributed by atoms with Crippen molar-refractivity contribution in [2.45, 2.75) is 62.0 Å². The van der Waals surface area contributed by atoms with Gasteiger partial charge in [0, 0.05) is 0 Å². The fourth-order valence-corrected chi connectivity index (χ4v) is 10.9. The maximum absolute atomic E-state index is 2.59. The van der Waals surface area contributed by atoms with Crippen LogP contribution in [0.4, 0.5) is 0 Å². The lowest BCUT2D eigenvalue weighted by Crippen LogP contribution is -2.45. The van der Waals surface area contributed by atoms with Crippen LogP contribution in [-0.4, -0.2) is 6.71 Å². The fourth-order valence-electron chi connectivity index (χ4n) is 10.9. The number of hydrogen-bond donors (Lipinski definition) is 0. The van der Waals surface area contributed by atoms with Gasteiger partial charge in [-0.05, 0) is 104 Å². The molecular formula is C42H39B. The molecule has 210 valence electrons. The Bertz CT molecular complexity index is 1710. The van der Waals surface area contributed by atoms with Gasteiger partial charge in [0.05, 0.1) is 0 Å². The number of hydrogen-bond acceptors (Lipinski definition) is 0. The van der Waals surface area contributed by atoms with Crippen molar-refractivity contribution in [1.29, 1.82) is 0 Å². The van der Waals surface area contributed by atoms with Gasteiger partial charge < -0.3 is 0 Å². The van der Waals surface area contributed by atoms with Crippen LogP contribution in [0.5, 0.6) is 0 Å². The van der Waals surface area contributed by atoms with Crippen LogP contribution < -0.4 is 5.46 Å². The van der Waals surface area contributed by atoms with Crippen molar-refractivity contribution in [3.63, 3.8) is 0 Å². The molecule has 0 radical (unpaired) electrons. The largest absolute Gasteiger partial charge is 0.183 e. The summed E-state index contributed by atoms with van der Waals surface area (Å²) in [6, 6.07) is 49.2. The lowest BCUT2D eigenvalue weighted by Gasteiger charge is -2.43. The van der Waals surface area contributed by atoms with E-state index in [9.17, 15) is 0 Å². The maximum atomic E-state index is 2.59. The fraction of sp³-hybridized carbons (Fsp3) is 0.286. The Kier molecular flexibility index (Phi) is 5.87. The van der Waals surface area contributed by atoms with Gasteiger partial charge in [0.1, 0.15) is 0 Å². The zero-order chi connectivity index (χ0) is 28.7. The van der Waals surface area contributed by atoms with E-state index in [1.165, 1.54) is 35.1 Å². The topological polar surface area (TPSA) is 0 Å². The Labute approximate surface area is 257 Å². The molecule has 0 heterocycles. The van der Waals surface area contributed by atoms with E-state index in [1.54, 1.807) is 27.7 Å². The lowest BCUT2D eigenvalue weighted by atomic mass is 9.25. The molecule has 0 amide bonds. The van der Waals surface area contributed by atoms with E-state index in [2.05, 4.69) is 141 Å². The first-order valence-corrected chi connectivity index (χ1v) is 16.6. The molecule has 0 aromatic heterocycles. The molecular weight excluding hydrogens is 515 g/mol. The molecule has 4 aliphatic rings. The number of rotatable bonds is 3. The van der Waals surface area contributed by atoms with Crippen molar-refractivity contribution in [1.82, 2.24) is 0 Å². The van der Waals surface area contributed by atoms with Gasteiger partial charge in [-0.1, -0.05) is 147 Å². The van der Waals surface area contributed by atoms with Crippen LogP contribution in [0.1, 0.15) is 72.6 Å². The van der Waals surface area contributed by atoms with E-state index in [0.717, 1.165) is 0 Å². The summed E-state index contributed by atoms with van der Waals surface area (Å²) in [5.74, 6) is 4.75. The van der Waals surface area contributed by atoms with Crippen molar-refractivity contribution in [3.05, 3.63) is 150 Å². The highest BCUT2D eigenvalue weighted by atomic mass is 14.5. The summed E-state index contributed by atoms with van der Waals surface area (Å²) >= 11 is 0. The Morgan fingerprint density at radius 2 is 0.767 bits per heavy atom. The average Bonchev–Trinajstić information content (AvgIpc) is 3.59. The third-order valence-corrected chi connectivity index (χ3v) is 12.2.